The number of nitrogens with one attached hydrogen (secondary N) is 1. The van der Waals surface area contributed by atoms with Crippen molar-refractivity contribution in [2.24, 2.45) is 0 Å². The molecule has 0 aliphatic heterocycles. The molecule has 1 aromatic rings. The van der Waals surface area contributed by atoms with Crippen molar-refractivity contribution in [3.05, 3.63) is 29.8 Å². The van der Waals surface area contributed by atoms with E-state index in [1.807, 2.05) is 6.92 Å². The third-order valence-electron chi connectivity index (χ3n) is 3.63. The minimum absolute atomic E-state index is 0.293. The highest BCUT2D eigenvalue weighted by atomic mass is 16.5. The van der Waals surface area contributed by atoms with E-state index in [0.29, 0.717) is 18.6 Å². The van der Waals surface area contributed by atoms with Crippen molar-refractivity contribution < 1.29 is 19.4 Å². The zero-order valence-corrected chi connectivity index (χ0v) is 13.0. The Morgan fingerprint density at radius 1 is 1.33 bits per heavy atom. The summed E-state index contributed by atoms with van der Waals surface area (Å²) in [7, 11) is 1.58. The molecule has 0 aliphatic rings. The van der Waals surface area contributed by atoms with Crippen LogP contribution < -0.4 is 10.1 Å². The fourth-order valence-corrected chi connectivity index (χ4v) is 2.15. The van der Waals surface area contributed by atoms with Gasteiger partial charge in [-0.15, -0.1) is 0 Å². The van der Waals surface area contributed by atoms with Gasteiger partial charge in [-0.1, -0.05) is 25.5 Å². The van der Waals surface area contributed by atoms with Gasteiger partial charge in [0.2, 0.25) is 5.91 Å². The predicted octanol–water partition coefficient (Wildman–Crippen LogP) is 2.56. The summed E-state index contributed by atoms with van der Waals surface area (Å²) < 4.78 is 5.08. The van der Waals surface area contributed by atoms with Crippen molar-refractivity contribution in [1.82, 2.24) is 5.32 Å². The average Bonchev–Trinajstić information content (AvgIpc) is 2.46. The Hall–Kier alpha value is -2.04. The van der Waals surface area contributed by atoms with Gasteiger partial charge in [0.05, 0.1) is 13.0 Å². The van der Waals surface area contributed by atoms with Gasteiger partial charge in [-0.05, 0) is 38.0 Å². The standard InChI is InChI=1S/C16H23NO4/c1-5-10-16(3,15(19)20)17-14(18)11(2)12-6-8-13(21-4)9-7-12/h6-9,11H,5,10H2,1-4H3,(H,17,18)(H,19,20). The van der Waals surface area contributed by atoms with E-state index in [4.69, 9.17) is 4.74 Å². The number of methoxy groups -OCH3 is 1. The molecule has 5 heteroatoms. The Morgan fingerprint density at radius 3 is 2.33 bits per heavy atom. The number of amides is 1. The van der Waals surface area contributed by atoms with E-state index in [0.717, 1.165) is 5.56 Å². The monoisotopic (exact) mass is 293 g/mol. The van der Waals surface area contributed by atoms with Gasteiger partial charge < -0.3 is 15.2 Å². The number of rotatable bonds is 7. The number of hydrogen-bond donors (Lipinski definition) is 2. The molecule has 5 nitrogen and oxygen atoms in total. The summed E-state index contributed by atoms with van der Waals surface area (Å²) in [4.78, 5) is 23.6. The number of aliphatic carboxylic acids is 1. The molecule has 21 heavy (non-hydrogen) atoms. The molecule has 0 heterocycles. The van der Waals surface area contributed by atoms with E-state index in [9.17, 15) is 14.7 Å². The Balaban J connectivity index is 2.83. The first-order valence-corrected chi connectivity index (χ1v) is 7.03. The minimum Gasteiger partial charge on any atom is -0.497 e. The molecule has 1 amide bonds. The van der Waals surface area contributed by atoms with E-state index in [-0.39, 0.29) is 5.91 Å². The molecule has 2 N–H and O–H groups in total. The summed E-state index contributed by atoms with van der Waals surface area (Å²) in [6, 6.07) is 7.17. The van der Waals surface area contributed by atoms with Crippen molar-refractivity contribution in [3.8, 4) is 5.75 Å². The van der Waals surface area contributed by atoms with E-state index in [2.05, 4.69) is 5.32 Å². The largest absolute Gasteiger partial charge is 0.497 e. The fraction of sp³-hybridized carbons (Fsp3) is 0.500. The lowest BCUT2D eigenvalue weighted by molar-refractivity contribution is -0.147. The number of benzene rings is 1. The lowest BCUT2D eigenvalue weighted by atomic mass is 9.93. The zero-order valence-electron chi connectivity index (χ0n) is 13.0. The SMILES string of the molecule is CCCC(C)(NC(=O)C(C)c1ccc(OC)cc1)C(=O)O. The van der Waals surface area contributed by atoms with Gasteiger partial charge in [0.25, 0.3) is 0 Å². The second-order valence-corrected chi connectivity index (χ2v) is 5.37. The molecule has 1 aromatic carbocycles. The van der Waals surface area contributed by atoms with Crippen LogP contribution in [0, 0.1) is 0 Å². The molecule has 0 fully saturated rings. The van der Waals surface area contributed by atoms with Gasteiger partial charge in [-0.25, -0.2) is 4.79 Å². The number of carboxylic acids is 1. The first kappa shape index (κ1) is 17.0. The lowest BCUT2D eigenvalue weighted by Crippen LogP contribution is -2.53. The molecular weight excluding hydrogens is 270 g/mol. The smallest absolute Gasteiger partial charge is 0.329 e. The maximum atomic E-state index is 12.3. The van der Waals surface area contributed by atoms with Crippen LogP contribution in [0.15, 0.2) is 24.3 Å². The molecule has 0 aliphatic carbocycles. The lowest BCUT2D eigenvalue weighted by Gasteiger charge is -2.27. The van der Waals surface area contributed by atoms with E-state index in [1.165, 1.54) is 6.92 Å². The van der Waals surface area contributed by atoms with Crippen molar-refractivity contribution in [2.75, 3.05) is 7.11 Å². The third kappa shape index (κ3) is 4.21. The molecule has 0 spiro atoms. The van der Waals surface area contributed by atoms with E-state index >= 15 is 0 Å². The first-order chi connectivity index (χ1) is 9.84. The van der Waals surface area contributed by atoms with Crippen LogP contribution in [0.3, 0.4) is 0 Å². The second-order valence-electron chi connectivity index (χ2n) is 5.37. The molecule has 0 bridgehead atoms. The summed E-state index contributed by atoms with van der Waals surface area (Å²) in [5, 5.41) is 12.0. The van der Waals surface area contributed by atoms with Crippen LogP contribution in [-0.4, -0.2) is 29.6 Å². The molecule has 1 rings (SSSR count). The van der Waals surface area contributed by atoms with Crippen molar-refractivity contribution in [2.45, 2.75) is 45.1 Å². The quantitative estimate of drug-likeness (QED) is 0.810. The van der Waals surface area contributed by atoms with Crippen LogP contribution in [0.25, 0.3) is 0 Å². The summed E-state index contributed by atoms with van der Waals surface area (Å²) >= 11 is 0. The molecule has 2 unspecified atom stereocenters. The topological polar surface area (TPSA) is 75.6 Å². The van der Waals surface area contributed by atoms with Crippen LogP contribution in [-0.2, 0) is 9.59 Å². The third-order valence-corrected chi connectivity index (χ3v) is 3.63. The number of carbonyl (C=O) groups is 2. The highest BCUT2D eigenvalue weighted by Gasteiger charge is 2.35. The summed E-state index contributed by atoms with van der Waals surface area (Å²) in [6.07, 6.45) is 1.07. The number of ether oxygens (including phenoxy) is 1. The van der Waals surface area contributed by atoms with Crippen LogP contribution in [0.1, 0.15) is 45.1 Å². The number of carbonyl (C=O) groups excluding carboxylic acids is 1. The van der Waals surface area contributed by atoms with E-state index in [1.54, 1.807) is 38.3 Å². The van der Waals surface area contributed by atoms with Crippen LogP contribution in [0.4, 0.5) is 0 Å². The number of hydrogen-bond acceptors (Lipinski definition) is 3. The summed E-state index contributed by atoms with van der Waals surface area (Å²) in [6.45, 7) is 5.18. The Morgan fingerprint density at radius 2 is 1.90 bits per heavy atom. The van der Waals surface area contributed by atoms with Gasteiger partial charge in [0, 0.05) is 0 Å². The first-order valence-electron chi connectivity index (χ1n) is 7.03. The Labute approximate surface area is 125 Å². The average molecular weight is 293 g/mol. The van der Waals surface area contributed by atoms with Crippen LogP contribution in [0.5, 0.6) is 5.75 Å². The van der Waals surface area contributed by atoms with Crippen LogP contribution >= 0.6 is 0 Å². The maximum absolute atomic E-state index is 12.3. The molecule has 0 saturated carbocycles. The normalized spacial score (nSPS) is 14.9. The number of carboxylic acid groups (broad SMARTS) is 1. The molecule has 0 aromatic heterocycles. The van der Waals surface area contributed by atoms with Crippen LogP contribution in [0.2, 0.25) is 0 Å². The molecule has 0 saturated heterocycles. The fourth-order valence-electron chi connectivity index (χ4n) is 2.15. The molecule has 2 atom stereocenters. The Bertz CT molecular complexity index is 498. The molecule has 116 valence electrons. The summed E-state index contributed by atoms with van der Waals surface area (Å²) in [5.41, 5.74) is -0.412. The molecule has 0 radical (unpaired) electrons. The van der Waals surface area contributed by atoms with Gasteiger partial charge >= 0.3 is 5.97 Å². The zero-order chi connectivity index (χ0) is 16.0. The van der Waals surface area contributed by atoms with Gasteiger partial charge in [0.1, 0.15) is 11.3 Å². The van der Waals surface area contributed by atoms with Gasteiger partial charge in [0.15, 0.2) is 0 Å². The predicted molar refractivity (Wildman–Crippen MR) is 80.5 cm³/mol. The van der Waals surface area contributed by atoms with Crippen molar-refractivity contribution in [3.63, 3.8) is 0 Å². The summed E-state index contributed by atoms with van der Waals surface area (Å²) in [5.74, 6) is -1.02. The second kappa shape index (κ2) is 7.11. The highest BCUT2D eigenvalue weighted by molar-refractivity contribution is 5.90. The van der Waals surface area contributed by atoms with Gasteiger partial charge in [-0.3, -0.25) is 4.79 Å². The van der Waals surface area contributed by atoms with Gasteiger partial charge in [-0.2, -0.15) is 0 Å². The maximum Gasteiger partial charge on any atom is 0.329 e. The molecular formula is C16H23NO4. The Kier molecular flexibility index (Phi) is 5.76. The van der Waals surface area contributed by atoms with Crippen molar-refractivity contribution >= 4 is 11.9 Å². The van der Waals surface area contributed by atoms with Crippen molar-refractivity contribution in [1.29, 1.82) is 0 Å². The minimum atomic E-state index is -1.23. The van der Waals surface area contributed by atoms with E-state index < -0.39 is 17.4 Å². The highest BCUT2D eigenvalue weighted by Crippen LogP contribution is 2.21.